The molecule has 0 amide bonds. The van der Waals surface area contributed by atoms with Gasteiger partial charge in [-0.05, 0) is 47.0 Å². The third kappa shape index (κ3) is 3.62. The number of halogens is 3. The van der Waals surface area contributed by atoms with Crippen molar-refractivity contribution in [1.82, 2.24) is 0 Å². The minimum Gasteiger partial charge on any atom is -0.351 e. The molecule has 4 rings (SSSR count). The van der Waals surface area contributed by atoms with E-state index in [0.29, 0.717) is 16.7 Å². The Morgan fingerprint density at radius 2 is 1.11 bits per heavy atom. The van der Waals surface area contributed by atoms with Gasteiger partial charge in [-0.25, -0.2) is 13.2 Å². The summed E-state index contributed by atoms with van der Waals surface area (Å²) < 4.78 is 42.7. The predicted octanol–water partition coefficient (Wildman–Crippen LogP) is 7.18. The van der Waals surface area contributed by atoms with Gasteiger partial charge in [0.1, 0.15) is 17.5 Å². The predicted molar refractivity (Wildman–Crippen MR) is 107 cm³/mol. The molecule has 0 unspecified atom stereocenters. The highest BCUT2D eigenvalue weighted by atomic mass is 19.1. The topological polar surface area (TPSA) is 12.0 Å². The van der Waals surface area contributed by atoms with Crippen molar-refractivity contribution >= 4 is 11.4 Å². The molecule has 138 valence electrons. The third-order valence-corrected chi connectivity index (χ3v) is 4.50. The average Bonchev–Trinajstić information content (AvgIpc) is 2.72. The van der Waals surface area contributed by atoms with Crippen molar-refractivity contribution < 1.29 is 13.2 Å². The quantitative estimate of drug-likeness (QED) is 0.398. The largest absolute Gasteiger partial charge is 0.351 e. The first-order valence-electron chi connectivity index (χ1n) is 8.78. The molecule has 0 spiro atoms. The van der Waals surface area contributed by atoms with Crippen molar-refractivity contribution in [3.8, 4) is 22.3 Å². The summed E-state index contributed by atoms with van der Waals surface area (Å²) in [5, 5.41) is 2.76. The van der Waals surface area contributed by atoms with Gasteiger partial charge in [0, 0.05) is 5.56 Å². The van der Waals surface area contributed by atoms with E-state index in [2.05, 4.69) is 5.32 Å². The van der Waals surface area contributed by atoms with Crippen LogP contribution < -0.4 is 5.32 Å². The van der Waals surface area contributed by atoms with Gasteiger partial charge >= 0.3 is 0 Å². The van der Waals surface area contributed by atoms with Crippen LogP contribution in [0.15, 0.2) is 91.0 Å². The Morgan fingerprint density at radius 3 is 1.86 bits per heavy atom. The van der Waals surface area contributed by atoms with Gasteiger partial charge in [-0.15, -0.1) is 0 Å². The second-order valence-corrected chi connectivity index (χ2v) is 6.36. The standard InChI is InChI=1S/C24H16F3N/c25-20-8-4-5-9-23(20)28-24-15-18(11-13-21(24)26)17-10-12-19(22(27)14-17)16-6-2-1-3-7-16/h1-15,28H. The zero-order chi connectivity index (χ0) is 19.5. The summed E-state index contributed by atoms with van der Waals surface area (Å²) in [5.41, 5.74) is 2.80. The normalized spacial score (nSPS) is 10.7. The number of rotatable bonds is 4. The lowest BCUT2D eigenvalue weighted by molar-refractivity contribution is 0.625. The lowest BCUT2D eigenvalue weighted by Gasteiger charge is -2.12. The molecule has 1 N–H and O–H groups in total. The third-order valence-electron chi connectivity index (χ3n) is 4.50. The van der Waals surface area contributed by atoms with E-state index in [9.17, 15) is 13.2 Å². The van der Waals surface area contributed by atoms with Crippen molar-refractivity contribution in [3.05, 3.63) is 108 Å². The molecule has 0 aliphatic carbocycles. The molecule has 0 saturated carbocycles. The first-order valence-corrected chi connectivity index (χ1v) is 8.78. The van der Waals surface area contributed by atoms with E-state index in [1.165, 1.54) is 24.3 Å². The summed E-state index contributed by atoms with van der Waals surface area (Å²) in [6, 6.07) is 24.6. The molecule has 28 heavy (non-hydrogen) atoms. The smallest absolute Gasteiger partial charge is 0.146 e. The van der Waals surface area contributed by atoms with Crippen molar-refractivity contribution in [1.29, 1.82) is 0 Å². The molecular weight excluding hydrogens is 359 g/mol. The van der Waals surface area contributed by atoms with Crippen LogP contribution in [0.5, 0.6) is 0 Å². The monoisotopic (exact) mass is 375 g/mol. The molecule has 0 aromatic heterocycles. The average molecular weight is 375 g/mol. The van der Waals surface area contributed by atoms with Crippen LogP contribution in [0, 0.1) is 17.5 Å². The summed E-state index contributed by atoms with van der Waals surface area (Å²) in [5.74, 6) is -1.37. The lowest BCUT2D eigenvalue weighted by Crippen LogP contribution is -1.97. The van der Waals surface area contributed by atoms with E-state index in [4.69, 9.17) is 0 Å². The molecule has 4 aromatic carbocycles. The van der Waals surface area contributed by atoms with E-state index in [1.807, 2.05) is 30.3 Å². The Balaban J connectivity index is 1.68. The number of para-hydroxylation sites is 1. The van der Waals surface area contributed by atoms with Crippen LogP contribution in [0.25, 0.3) is 22.3 Å². The fraction of sp³-hybridized carbons (Fsp3) is 0. The molecule has 4 heteroatoms. The summed E-state index contributed by atoms with van der Waals surface area (Å²) in [4.78, 5) is 0. The number of nitrogens with one attached hydrogen (secondary N) is 1. The number of anilines is 2. The Morgan fingerprint density at radius 1 is 0.464 bits per heavy atom. The first-order chi connectivity index (χ1) is 13.6. The molecule has 0 radical (unpaired) electrons. The molecule has 0 heterocycles. The van der Waals surface area contributed by atoms with Crippen LogP contribution in [-0.2, 0) is 0 Å². The van der Waals surface area contributed by atoms with E-state index in [0.717, 1.165) is 5.56 Å². The maximum atomic E-state index is 14.7. The maximum absolute atomic E-state index is 14.7. The SMILES string of the molecule is Fc1ccccc1Nc1cc(-c2ccc(-c3ccccc3)c(F)c2)ccc1F. The Bertz CT molecular complexity index is 1120. The minimum atomic E-state index is -0.520. The van der Waals surface area contributed by atoms with Crippen molar-refractivity contribution in [3.63, 3.8) is 0 Å². The van der Waals surface area contributed by atoms with Gasteiger partial charge in [-0.2, -0.15) is 0 Å². The molecule has 0 aliphatic rings. The highest BCUT2D eigenvalue weighted by Crippen LogP contribution is 2.31. The van der Waals surface area contributed by atoms with Gasteiger partial charge in [0.2, 0.25) is 0 Å². The van der Waals surface area contributed by atoms with Crippen LogP contribution in [0.3, 0.4) is 0 Å². The van der Waals surface area contributed by atoms with E-state index in [1.54, 1.807) is 36.4 Å². The van der Waals surface area contributed by atoms with E-state index >= 15 is 0 Å². The number of hydrogen-bond acceptors (Lipinski definition) is 1. The number of benzene rings is 4. The van der Waals surface area contributed by atoms with Gasteiger partial charge in [-0.3, -0.25) is 0 Å². The molecule has 0 atom stereocenters. The van der Waals surface area contributed by atoms with Gasteiger partial charge in [-0.1, -0.05) is 60.7 Å². The zero-order valence-electron chi connectivity index (χ0n) is 14.8. The molecule has 0 bridgehead atoms. The Hall–Kier alpha value is -3.53. The lowest BCUT2D eigenvalue weighted by atomic mass is 9.99. The van der Waals surface area contributed by atoms with Crippen molar-refractivity contribution in [2.45, 2.75) is 0 Å². The summed E-state index contributed by atoms with van der Waals surface area (Å²) in [6.07, 6.45) is 0. The van der Waals surface area contributed by atoms with Gasteiger partial charge in [0.15, 0.2) is 0 Å². The second-order valence-electron chi connectivity index (χ2n) is 6.36. The van der Waals surface area contributed by atoms with Gasteiger partial charge < -0.3 is 5.32 Å². The molecule has 1 nitrogen and oxygen atoms in total. The Labute approximate surface area is 161 Å². The molecule has 4 aromatic rings. The molecule has 0 aliphatic heterocycles. The van der Waals surface area contributed by atoms with Gasteiger partial charge in [0.25, 0.3) is 0 Å². The van der Waals surface area contributed by atoms with E-state index in [-0.39, 0.29) is 17.2 Å². The maximum Gasteiger partial charge on any atom is 0.146 e. The number of hydrogen-bond donors (Lipinski definition) is 1. The zero-order valence-corrected chi connectivity index (χ0v) is 14.8. The highest BCUT2D eigenvalue weighted by molar-refractivity contribution is 5.74. The summed E-state index contributed by atoms with van der Waals surface area (Å²) >= 11 is 0. The molecule has 0 saturated heterocycles. The molecular formula is C24H16F3N. The summed E-state index contributed by atoms with van der Waals surface area (Å²) in [7, 11) is 0. The second kappa shape index (κ2) is 7.61. The first kappa shape index (κ1) is 17.9. The van der Waals surface area contributed by atoms with Crippen LogP contribution in [-0.4, -0.2) is 0 Å². The van der Waals surface area contributed by atoms with Gasteiger partial charge in [0.05, 0.1) is 11.4 Å². The fourth-order valence-corrected chi connectivity index (χ4v) is 3.05. The van der Waals surface area contributed by atoms with Crippen LogP contribution >= 0.6 is 0 Å². The van der Waals surface area contributed by atoms with Crippen LogP contribution in [0.1, 0.15) is 0 Å². The fourth-order valence-electron chi connectivity index (χ4n) is 3.05. The minimum absolute atomic E-state index is 0.121. The van der Waals surface area contributed by atoms with Crippen molar-refractivity contribution in [2.24, 2.45) is 0 Å². The molecule has 0 fully saturated rings. The van der Waals surface area contributed by atoms with Crippen LogP contribution in [0.2, 0.25) is 0 Å². The van der Waals surface area contributed by atoms with Crippen LogP contribution in [0.4, 0.5) is 24.5 Å². The summed E-state index contributed by atoms with van der Waals surface area (Å²) in [6.45, 7) is 0. The Kier molecular flexibility index (Phi) is 4.85. The highest BCUT2D eigenvalue weighted by Gasteiger charge is 2.11. The van der Waals surface area contributed by atoms with Crippen molar-refractivity contribution in [2.75, 3.05) is 5.32 Å². The van der Waals surface area contributed by atoms with E-state index < -0.39 is 11.6 Å².